The molecule has 0 aliphatic carbocycles. The fourth-order valence-corrected chi connectivity index (χ4v) is 0.948. The van der Waals surface area contributed by atoms with Crippen molar-refractivity contribution in [3.05, 3.63) is 33.9 Å². The van der Waals surface area contributed by atoms with Crippen LogP contribution in [-0.2, 0) is 4.79 Å². The van der Waals surface area contributed by atoms with Crippen molar-refractivity contribution in [3.8, 4) is 5.75 Å². The first-order chi connectivity index (χ1) is 7.41. The Balaban J connectivity index is 3.01. The van der Waals surface area contributed by atoms with Crippen LogP contribution in [0.1, 0.15) is 6.92 Å². The van der Waals surface area contributed by atoms with E-state index in [-0.39, 0.29) is 5.78 Å². The van der Waals surface area contributed by atoms with Gasteiger partial charge in [-0.25, -0.2) is 4.39 Å². The fraction of sp³-hybridized carbons (Fsp3) is 0.222. The third-order valence-electron chi connectivity index (χ3n) is 1.63. The van der Waals surface area contributed by atoms with Crippen molar-refractivity contribution < 1.29 is 23.2 Å². The summed E-state index contributed by atoms with van der Waals surface area (Å²) in [6.07, 6.45) is 0. The average Bonchev–Trinajstić information content (AvgIpc) is 2.18. The highest BCUT2D eigenvalue weighted by Gasteiger charge is 2.19. The van der Waals surface area contributed by atoms with Gasteiger partial charge in [0, 0.05) is 6.07 Å². The van der Waals surface area contributed by atoms with Gasteiger partial charge >= 0.3 is 5.69 Å². The standard InChI is InChI=1S/C9H7F2NO4/c1-5(13)4-16-9-3-6(10)8(12(14)15)2-7(9)11/h2-3H,4H2,1H3. The van der Waals surface area contributed by atoms with Crippen LogP contribution in [0.25, 0.3) is 0 Å². The summed E-state index contributed by atoms with van der Waals surface area (Å²) in [6.45, 7) is 0.786. The summed E-state index contributed by atoms with van der Waals surface area (Å²) in [7, 11) is 0. The maximum Gasteiger partial charge on any atom is 0.307 e. The van der Waals surface area contributed by atoms with Crippen LogP contribution >= 0.6 is 0 Å². The lowest BCUT2D eigenvalue weighted by atomic mass is 10.3. The zero-order valence-corrected chi connectivity index (χ0v) is 8.20. The molecular weight excluding hydrogens is 224 g/mol. The summed E-state index contributed by atoms with van der Waals surface area (Å²) in [6, 6.07) is 0.946. The lowest BCUT2D eigenvalue weighted by molar-refractivity contribution is -0.387. The Hall–Kier alpha value is -2.05. The van der Waals surface area contributed by atoms with Gasteiger partial charge in [0.25, 0.3) is 0 Å². The summed E-state index contributed by atoms with van der Waals surface area (Å²) >= 11 is 0. The molecule has 0 saturated carbocycles. The van der Waals surface area contributed by atoms with Crippen molar-refractivity contribution in [2.45, 2.75) is 6.92 Å². The molecule has 0 heterocycles. The molecule has 0 N–H and O–H groups in total. The predicted octanol–water partition coefficient (Wildman–Crippen LogP) is 1.84. The number of nitrogens with zero attached hydrogens (tertiary/aromatic N) is 1. The normalized spacial score (nSPS) is 9.94. The molecule has 16 heavy (non-hydrogen) atoms. The highest BCUT2D eigenvalue weighted by molar-refractivity contribution is 5.77. The summed E-state index contributed by atoms with van der Waals surface area (Å²) in [5.41, 5.74) is -0.979. The first-order valence-corrected chi connectivity index (χ1v) is 4.17. The van der Waals surface area contributed by atoms with Gasteiger partial charge in [-0.05, 0) is 6.92 Å². The van der Waals surface area contributed by atoms with Gasteiger partial charge in [-0.15, -0.1) is 0 Å². The lowest BCUT2D eigenvalue weighted by Gasteiger charge is -2.05. The van der Waals surface area contributed by atoms with Crippen molar-refractivity contribution in [1.82, 2.24) is 0 Å². The summed E-state index contributed by atoms with van der Waals surface area (Å²) in [5, 5.41) is 10.3. The predicted molar refractivity (Wildman–Crippen MR) is 49.2 cm³/mol. The van der Waals surface area contributed by atoms with Gasteiger partial charge in [0.1, 0.15) is 6.61 Å². The Bertz CT molecular complexity index is 447. The molecule has 0 atom stereocenters. The quantitative estimate of drug-likeness (QED) is 0.585. The number of ketones is 1. The molecule has 1 aromatic rings. The van der Waals surface area contributed by atoms with Gasteiger partial charge in [0.15, 0.2) is 17.3 Å². The number of carbonyl (C=O) groups is 1. The minimum atomic E-state index is -1.22. The van der Waals surface area contributed by atoms with Crippen molar-refractivity contribution in [3.63, 3.8) is 0 Å². The van der Waals surface area contributed by atoms with Crippen molar-refractivity contribution in [2.75, 3.05) is 6.61 Å². The molecule has 1 rings (SSSR count). The number of halogens is 2. The van der Waals surface area contributed by atoms with E-state index in [1.54, 1.807) is 0 Å². The first kappa shape index (κ1) is 12.0. The minimum Gasteiger partial charge on any atom is -0.483 e. The maximum absolute atomic E-state index is 13.1. The van der Waals surface area contributed by atoms with E-state index in [0.717, 1.165) is 0 Å². The largest absolute Gasteiger partial charge is 0.483 e. The molecule has 0 spiro atoms. The zero-order valence-electron chi connectivity index (χ0n) is 8.20. The van der Waals surface area contributed by atoms with Crippen LogP contribution in [0, 0.1) is 21.7 Å². The van der Waals surface area contributed by atoms with E-state index in [0.29, 0.717) is 12.1 Å². The van der Waals surface area contributed by atoms with Crippen LogP contribution < -0.4 is 4.74 Å². The molecule has 1 aromatic carbocycles. The number of benzene rings is 1. The Morgan fingerprint density at radius 2 is 2.06 bits per heavy atom. The van der Waals surface area contributed by atoms with E-state index in [9.17, 15) is 23.7 Å². The van der Waals surface area contributed by atoms with E-state index in [2.05, 4.69) is 4.74 Å². The number of ether oxygens (including phenoxy) is 1. The average molecular weight is 231 g/mol. The van der Waals surface area contributed by atoms with Crippen LogP contribution in [0.4, 0.5) is 14.5 Å². The van der Waals surface area contributed by atoms with Crippen LogP contribution in [0.2, 0.25) is 0 Å². The molecule has 0 fully saturated rings. The summed E-state index contributed by atoms with van der Waals surface area (Å²) in [5.74, 6) is -3.21. The fourth-order valence-electron chi connectivity index (χ4n) is 0.948. The highest BCUT2D eigenvalue weighted by atomic mass is 19.1. The first-order valence-electron chi connectivity index (χ1n) is 4.17. The third kappa shape index (κ3) is 2.72. The topological polar surface area (TPSA) is 69.4 Å². The summed E-state index contributed by atoms with van der Waals surface area (Å²) in [4.78, 5) is 19.7. The van der Waals surface area contributed by atoms with Crippen LogP contribution in [0.3, 0.4) is 0 Å². The zero-order chi connectivity index (χ0) is 12.3. The smallest absolute Gasteiger partial charge is 0.307 e. The number of Topliss-reactive ketones (excluding diaryl/α,β-unsaturated/α-hetero) is 1. The van der Waals surface area contributed by atoms with E-state index < -0.39 is 34.6 Å². The van der Waals surface area contributed by atoms with Gasteiger partial charge in [0.05, 0.1) is 11.0 Å². The SMILES string of the molecule is CC(=O)COc1cc(F)c([N+](=O)[O-])cc1F. The van der Waals surface area contributed by atoms with Crippen molar-refractivity contribution in [2.24, 2.45) is 0 Å². The number of hydrogen-bond donors (Lipinski definition) is 0. The van der Waals surface area contributed by atoms with Gasteiger partial charge in [-0.3, -0.25) is 14.9 Å². The lowest BCUT2D eigenvalue weighted by Crippen LogP contribution is -2.08. The van der Waals surface area contributed by atoms with Crippen LogP contribution in [-0.4, -0.2) is 17.3 Å². The van der Waals surface area contributed by atoms with Gasteiger partial charge in [-0.1, -0.05) is 0 Å². The highest BCUT2D eigenvalue weighted by Crippen LogP contribution is 2.26. The molecule has 0 unspecified atom stereocenters. The molecule has 0 saturated heterocycles. The number of nitro groups is 1. The molecule has 86 valence electrons. The molecule has 0 radical (unpaired) electrons. The van der Waals surface area contributed by atoms with Crippen molar-refractivity contribution in [1.29, 1.82) is 0 Å². The molecule has 0 bridgehead atoms. The van der Waals surface area contributed by atoms with Gasteiger partial charge in [-0.2, -0.15) is 4.39 Å². The van der Waals surface area contributed by atoms with Gasteiger partial charge < -0.3 is 4.74 Å². The molecule has 0 aromatic heterocycles. The summed E-state index contributed by atoms with van der Waals surface area (Å²) < 4.78 is 30.8. The molecule has 0 amide bonds. The van der Waals surface area contributed by atoms with E-state index in [1.165, 1.54) is 6.92 Å². The number of carbonyl (C=O) groups excluding carboxylic acids is 1. The molecule has 0 aliphatic heterocycles. The monoisotopic (exact) mass is 231 g/mol. The van der Waals surface area contributed by atoms with Crippen molar-refractivity contribution >= 4 is 11.5 Å². The van der Waals surface area contributed by atoms with Gasteiger partial charge in [0.2, 0.25) is 5.82 Å². The Morgan fingerprint density at radius 3 is 2.56 bits per heavy atom. The third-order valence-corrected chi connectivity index (χ3v) is 1.63. The minimum absolute atomic E-state index is 0.377. The molecule has 7 heteroatoms. The Labute approximate surface area is 88.8 Å². The second-order valence-corrected chi connectivity index (χ2v) is 2.98. The second-order valence-electron chi connectivity index (χ2n) is 2.98. The molecular formula is C9H7F2NO4. The Kier molecular flexibility index (Phi) is 3.49. The van der Waals surface area contributed by atoms with Crippen LogP contribution in [0.5, 0.6) is 5.75 Å². The van der Waals surface area contributed by atoms with E-state index in [4.69, 9.17) is 0 Å². The maximum atomic E-state index is 13.1. The Morgan fingerprint density at radius 1 is 1.44 bits per heavy atom. The molecule has 0 aliphatic rings. The molecule has 5 nitrogen and oxygen atoms in total. The number of nitro benzene ring substituents is 1. The van der Waals surface area contributed by atoms with E-state index in [1.807, 2.05) is 0 Å². The number of hydrogen-bond acceptors (Lipinski definition) is 4. The van der Waals surface area contributed by atoms with Crippen LogP contribution in [0.15, 0.2) is 12.1 Å². The van der Waals surface area contributed by atoms with E-state index >= 15 is 0 Å². The number of rotatable bonds is 4. The second kappa shape index (κ2) is 4.65.